The normalized spacial score (nSPS) is 31.9. The Morgan fingerprint density at radius 2 is 1.07 bits per heavy atom. The second-order valence-corrected chi connectivity index (χ2v) is 14.6. The van der Waals surface area contributed by atoms with Crippen molar-refractivity contribution in [3.63, 3.8) is 0 Å². The summed E-state index contributed by atoms with van der Waals surface area (Å²) in [6.07, 6.45) is -7.63. The number of fused-ring (bicyclic) bond motifs is 1. The number of Topliss-reactive ketones (excluding diaryl/α,β-unsaturated/α-hetero) is 1. The molecule has 3 fully saturated rings. The van der Waals surface area contributed by atoms with Gasteiger partial charge in [-0.15, -0.1) is 0 Å². The summed E-state index contributed by atoms with van der Waals surface area (Å²) in [7, 11) is 0. The number of hydrogen-bond donors (Lipinski definition) is 1. The molecule has 0 radical (unpaired) electrons. The number of benzene rings is 3. The van der Waals surface area contributed by atoms with Crippen LogP contribution in [0, 0.1) is 11.8 Å². The predicted molar refractivity (Wildman–Crippen MR) is 188 cm³/mol. The van der Waals surface area contributed by atoms with Gasteiger partial charge in [0.25, 0.3) is 0 Å². The molecule has 0 aromatic heterocycles. The summed E-state index contributed by atoms with van der Waals surface area (Å²) >= 11 is 0. The average Bonchev–Trinajstić information content (AvgIpc) is 3.31. The van der Waals surface area contributed by atoms with E-state index < -0.39 is 101 Å². The lowest BCUT2D eigenvalue weighted by atomic mass is 9.48. The Balaban J connectivity index is 1.75. The van der Waals surface area contributed by atoms with E-state index >= 15 is 4.79 Å². The lowest BCUT2D eigenvalue weighted by Crippen LogP contribution is -2.88. The third-order valence-corrected chi connectivity index (χ3v) is 10.6. The van der Waals surface area contributed by atoms with Crippen LogP contribution in [-0.4, -0.2) is 87.6 Å². The fourth-order valence-corrected chi connectivity index (χ4v) is 8.90. The lowest BCUT2D eigenvalue weighted by molar-refractivity contribution is -0.371. The fraction of sp³-hybridized carbons (Fsp3) is 0.415. The van der Waals surface area contributed by atoms with Crippen LogP contribution in [0.2, 0.25) is 0 Å². The van der Waals surface area contributed by atoms with Crippen molar-refractivity contribution < 1.29 is 62.3 Å². The highest BCUT2D eigenvalue weighted by atomic mass is 16.7. The minimum absolute atomic E-state index is 0.0380. The standard InChI is InChI=1S/C41H42O13/c1-23(42)49-29-22-39(6,48)41-35(50-24(2)43)31(38(4,5)54-41)30(32(45)26-16-10-7-11-17-26)34(52-37(47)28-20-14-9-15-21-28)40(41,53-25(3)44)33(29)51-36(46)27-18-12-8-13-19-27/h7-21,29-31,33-35,48H,22H2,1-6H3/t29-,30-,31+,33-,34+,35+,39-,40+,41-/m0/s1. The van der Waals surface area contributed by atoms with Crippen LogP contribution in [-0.2, 0) is 42.8 Å². The van der Waals surface area contributed by atoms with Crippen molar-refractivity contribution >= 4 is 35.6 Å². The summed E-state index contributed by atoms with van der Waals surface area (Å²) in [5.74, 6) is -8.10. The first-order chi connectivity index (χ1) is 25.5. The maximum Gasteiger partial charge on any atom is 0.338 e. The zero-order chi connectivity index (χ0) is 39.2. The Kier molecular flexibility index (Phi) is 10.0. The topological polar surface area (TPSA) is 178 Å². The number of ketones is 1. The van der Waals surface area contributed by atoms with Crippen molar-refractivity contribution in [1.29, 1.82) is 0 Å². The number of hydrogen-bond acceptors (Lipinski definition) is 13. The first-order valence-corrected chi connectivity index (χ1v) is 17.5. The van der Waals surface area contributed by atoms with Crippen molar-refractivity contribution in [3.05, 3.63) is 108 Å². The van der Waals surface area contributed by atoms with E-state index in [1.165, 1.54) is 43.3 Å². The molecule has 6 rings (SSSR count). The van der Waals surface area contributed by atoms with Gasteiger partial charge in [-0.2, -0.15) is 0 Å². The molecule has 1 N–H and O–H groups in total. The average molecular weight is 743 g/mol. The largest absolute Gasteiger partial charge is 0.459 e. The van der Waals surface area contributed by atoms with Crippen molar-refractivity contribution in [2.75, 3.05) is 0 Å². The van der Waals surface area contributed by atoms with Gasteiger partial charge in [-0.1, -0.05) is 66.7 Å². The molecule has 3 aromatic rings. The van der Waals surface area contributed by atoms with Crippen LogP contribution < -0.4 is 0 Å². The van der Waals surface area contributed by atoms with E-state index in [2.05, 4.69) is 0 Å². The smallest absolute Gasteiger partial charge is 0.338 e. The molecule has 0 unspecified atom stereocenters. The van der Waals surface area contributed by atoms with Gasteiger partial charge in [-0.05, 0) is 45.0 Å². The van der Waals surface area contributed by atoms with Gasteiger partial charge in [-0.25, -0.2) is 9.59 Å². The van der Waals surface area contributed by atoms with Gasteiger partial charge in [0, 0.05) is 38.7 Å². The zero-order valence-electron chi connectivity index (χ0n) is 30.7. The predicted octanol–water partition coefficient (Wildman–Crippen LogP) is 4.43. The van der Waals surface area contributed by atoms with Gasteiger partial charge in [0.1, 0.15) is 17.8 Å². The highest BCUT2D eigenvalue weighted by Gasteiger charge is 2.90. The Labute approximate surface area is 311 Å². The summed E-state index contributed by atoms with van der Waals surface area (Å²) in [6.45, 7) is 7.76. The number of rotatable bonds is 9. The van der Waals surface area contributed by atoms with E-state index in [1.807, 2.05) is 0 Å². The third-order valence-electron chi connectivity index (χ3n) is 10.6. The molecule has 1 heterocycles. The molecular weight excluding hydrogens is 700 g/mol. The number of carbonyl (C=O) groups is 6. The molecule has 1 aliphatic heterocycles. The van der Waals surface area contributed by atoms with E-state index in [9.17, 15) is 29.1 Å². The molecule has 2 aliphatic carbocycles. The van der Waals surface area contributed by atoms with Crippen LogP contribution in [0.1, 0.15) is 79.0 Å². The summed E-state index contributed by atoms with van der Waals surface area (Å²) in [5.41, 5.74) is -8.77. The molecule has 3 aromatic carbocycles. The van der Waals surface area contributed by atoms with E-state index in [1.54, 1.807) is 68.4 Å². The van der Waals surface area contributed by atoms with E-state index in [4.69, 9.17) is 28.4 Å². The van der Waals surface area contributed by atoms with Crippen LogP contribution >= 0.6 is 0 Å². The Morgan fingerprint density at radius 1 is 0.611 bits per heavy atom. The zero-order valence-corrected chi connectivity index (χ0v) is 30.7. The minimum atomic E-state index is -2.75. The van der Waals surface area contributed by atoms with Gasteiger partial charge in [0.2, 0.25) is 5.60 Å². The highest BCUT2D eigenvalue weighted by Crippen LogP contribution is 2.68. The first-order valence-electron chi connectivity index (χ1n) is 17.5. The van der Waals surface area contributed by atoms with Gasteiger partial charge < -0.3 is 33.5 Å². The van der Waals surface area contributed by atoms with E-state index in [0.29, 0.717) is 0 Å². The van der Waals surface area contributed by atoms with Gasteiger partial charge in [0.15, 0.2) is 23.6 Å². The van der Waals surface area contributed by atoms with Gasteiger partial charge in [-0.3, -0.25) is 19.2 Å². The van der Waals surface area contributed by atoms with Crippen LogP contribution in [0.3, 0.4) is 0 Å². The molecule has 0 amide bonds. The minimum Gasteiger partial charge on any atom is -0.459 e. The molecular formula is C41H42O13. The maximum absolute atomic E-state index is 15.1. The first kappa shape index (κ1) is 38.3. The van der Waals surface area contributed by atoms with Crippen molar-refractivity contribution in [2.24, 2.45) is 11.8 Å². The summed E-state index contributed by atoms with van der Waals surface area (Å²) in [6, 6.07) is 23.6. The molecule has 284 valence electrons. The number of carbonyl (C=O) groups excluding carboxylic acids is 6. The number of aliphatic hydroxyl groups is 1. The third kappa shape index (κ3) is 6.24. The fourth-order valence-electron chi connectivity index (χ4n) is 8.90. The van der Waals surface area contributed by atoms with Gasteiger partial charge >= 0.3 is 29.8 Å². The molecule has 2 bridgehead atoms. The van der Waals surface area contributed by atoms with Crippen LogP contribution in [0.4, 0.5) is 0 Å². The maximum atomic E-state index is 15.1. The highest BCUT2D eigenvalue weighted by molar-refractivity contribution is 6.00. The molecule has 54 heavy (non-hydrogen) atoms. The van der Waals surface area contributed by atoms with Crippen molar-refractivity contribution in [1.82, 2.24) is 0 Å². The van der Waals surface area contributed by atoms with Crippen LogP contribution in [0.15, 0.2) is 91.0 Å². The lowest BCUT2D eigenvalue weighted by Gasteiger charge is -2.65. The Morgan fingerprint density at radius 3 is 1.54 bits per heavy atom. The summed E-state index contributed by atoms with van der Waals surface area (Å²) < 4.78 is 37.8. The Hall–Kier alpha value is -5.40. The van der Waals surface area contributed by atoms with E-state index in [0.717, 1.165) is 20.8 Å². The molecule has 1 saturated heterocycles. The molecule has 9 atom stereocenters. The summed E-state index contributed by atoms with van der Waals surface area (Å²) in [5, 5.41) is 12.8. The number of esters is 5. The molecule has 2 saturated carbocycles. The van der Waals surface area contributed by atoms with Gasteiger partial charge in [0.05, 0.1) is 22.6 Å². The van der Waals surface area contributed by atoms with Crippen LogP contribution in [0.5, 0.6) is 0 Å². The molecule has 1 spiro atoms. The van der Waals surface area contributed by atoms with Crippen molar-refractivity contribution in [3.8, 4) is 0 Å². The SMILES string of the molecule is CC(=O)O[C@H]1C[C@](C)(O)[C@]23OC(C)(C)[C@H]([C@@H](C(=O)c4ccccc4)[C@@H](OC(=O)c4ccccc4)[C@]2(OC(C)=O)[C@H]1OC(=O)c1ccccc1)[C@H]3OC(C)=O. The molecule has 13 heteroatoms. The quantitative estimate of drug-likeness (QED) is 0.185. The molecule has 13 nitrogen and oxygen atoms in total. The van der Waals surface area contributed by atoms with E-state index in [-0.39, 0.29) is 16.7 Å². The summed E-state index contributed by atoms with van der Waals surface area (Å²) in [4.78, 5) is 83.1. The Bertz CT molecular complexity index is 1940. The number of ether oxygens (including phenoxy) is 6. The monoisotopic (exact) mass is 742 g/mol. The second-order valence-electron chi connectivity index (χ2n) is 14.6. The molecule has 3 aliphatic rings. The van der Waals surface area contributed by atoms with Crippen molar-refractivity contribution in [2.45, 2.75) is 94.8 Å². The van der Waals surface area contributed by atoms with Crippen LogP contribution in [0.25, 0.3) is 0 Å². The second kappa shape index (κ2) is 14.1.